The largest absolute Gasteiger partial charge is 0.399 e. The third-order valence-electron chi connectivity index (χ3n) is 7.41. The van der Waals surface area contributed by atoms with Crippen molar-refractivity contribution in [2.45, 2.75) is 25.3 Å². The second kappa shape index (κ2) is 6.58. The van der Waals surface area contributed by atoms with Gasteiger partial charge in [0.25, 0.3) is 0 Å². The molecule has 6 heteroatoms. The molecule has 1 aliphatic carbocycles. The molecule has 2 aromatic carbocycles. The number of H-pyrrole nitrogens is 1. The molecule has 3 N–H and O–H groups in total. The van der Waals surface area contributed by atoms with Crippen molar-refractivity contribution >= 4 is 28.1 Å². The van der Waals surface area contributed by atoms with Crippen LogP contribution in [0.5, 0.6) is 0 Å². The van der Waals surface area contributed by atoms with Gasteiger partial charge in [0.15, 0.2) is 5.78 Å². The number of nitrogens with two attached hydrogens (primary N) is 1. The van der Waals surface area contributed by atoms with Crippen molar-refractivity contribution in [1.82, 2.24) is 9.88 Å². The van der Waals surface area contributed by atoms with Crippen LogP contribution in [0.25, 0.3) is 10.9 Å². The Hall–Kier alpha value is -2.83. The number of ether oxygens (including phenoxy) is 1. The topological polar surface area (TPSA) is 74.6 Å². The van der Waals surface area contributed by atoms with Crippen LogP contribution in [0.3, 0.4) is 0 Å². The first-order chi connectivity index (χ1) is 14.9. The molecule has 3 aromatic rings. The van der Waals surface area contributed by atoms with Crippen LogP contribution >= 0.6 is 0 Å². The minimum atomic E-state index is -0.284. The lowest BCUT2D eigenvalue weighted by Crippen LogP contribution is -2.56. The normalized spacial score (nSPS) is 21.1. The molecule has 1 aromatic heterocycles. The number of fused-ring (bicyclic) bond motifs is 4. The number of rotatable bonds is 2. The Morgan fingerprint density at radius 2 is 1.84 bits per heavy atom. The van der Waals surface area contributed by atoms with E-state index in [4.69, 9.17) is 10.5 Å². The summed E-state index contributed by atoms with van der Waals surface area (Å²) in [6, 6.07) is 12.8. The maximum atomic E-state index is 13.7. The Labute approximate surface area is 182 Å². The Morgan fingerprint density at radius 1 is 1.06 bits per heavy atom. The van der Waals surface area contributed by atoms with Gasteiger partial charge in [0.1, 0.15) is 0 Å². The standard InChI is InChI=1S/C25H28N4O2/c1-25(2)20-6-4-16(28-7-9-29(10-8-28)17-13-31-14-17)12-19(20)23(30)22-18-5-3-15(26)11-21(18)27-24(22)25/h3-6,11-12,17,27H,7-10,13-14,26H2,1-2H3. The summed E-state index contributed by atoms with van der Waals surface area (Å²) in [4.78, 5) is 22.1. The zero-order valence-electron chi connectivity index (χ0n) is 18.1. The van der Waals surface area contributed by atoms with E-state index in [-0.39, 0.29) is 11.2 Å². The smallest absolute Gasteiger partial charge is 0.195 e. The summed E-state index contributed by atoms with van der Waals surface area (Å²) in [5.41, 5.74) is 12.1. The summed E-state index contributed by atoms with van der Waals surface area (Å²) in [6.07, 6.45) is 0. The van der Waals surface area contributed by atoms with E-state index in [9.17, 15) is 4.79 Å². The molecular weight excluding hydrogens is 388 g/mol. The molecule has 6 nitrogen and oxygen atoms in total. The van der Waals surface area contributed by atoms with Crippen LogP contribution in [0.2, 0.25) is 0 Å². The molecule has 0 radical (unpaired) electrons. The molecule has 2 saturated heterocycles. The van der Waals surface area contributed by atoms with E-state index in [0.717, 1.165) is 78.4 Å². The van der Waals surface area contributed by atoms with Crippen LogP contribution in [0.1, 0.15) is 41.0 Å². The lowest BCUT2D eigenvalue weighted by molar-refractivity contribution is -0.0660. The van der Waals surface area contributed by atoms with Gasteiger partial charge in [-0.15, -0.1) is 0 Å². The molecule has 6 rings (SSSR count). The minimum Gasteiger partial charge on any atom is -0.399 e. The number of nitrogens with zero attached hydrogens (tertiary/aromatic N) is 2. The van der Waals surface area contributed by atoms with E-state index in [1.54, 1.807) is 0 Å². The fraction of sp³-hybridized carbons (Fsp3) is 0.400. The minimum absolute atomic E-state index is 0.104. The van der Waals surface area contributed by atoms with Crippen molar-refractivity contribution in [3.05, 3.63) is 58.8 Å². The molecule has 3 heterocycles. The number of nitrogen functional groups attached to an aromatic ring is 1. The lowest BCUT2D eigenvalue weighted by Gasteiger charge is -2.43. The van der Waals surface area contributed by atoms with Crippen LogP contribution in [-0.4, -0.2) is 61.1 Å². The van der Waals surface area contributed by atoms with Gasteiger partial charge in [0.2, 0.25) is 0 Å². The zero-order valence-corrected chi connectivity index (χ0v) is 18.1. The number of carbonyl (C=O) groups excluding carboxylic acids is 1. The van der Waals surface area contributed by atoms with Crippen molar-refractivity contribution < 1.29 is 9.53 Å². The first-order valence-electron chi connectivity index (χ1n) is 11.1. The van der Waals surface area contributed by atoms with E-state index in [1.165, 1.54) is 0 Å². The highest BCUT2D eigenvalue weighted by Crippen LogP contribution is 2.44. The maximum absolute atomic E-state index is 13.7. The van der Waals surface area contributed by atoms with Crippen LogP contribution in [0.4, 0.5) is 11.4 Å². The van der Waals surface area contributed by atoms with E-state index in [0.29, 0.717) is 11.7 Å². The monoisotopic (exact) mass is 416 g/mol. The summed E-state index contributed by atoms with van der Waals surface area (Å²) >= 11 is 0. The Balaban J connectivity index is 1.37. The first-order valence-corrected chi connectivity index (χ1v) is 11.1. The highest BCUT2D eigenvalue weighted by Gasteiger charge is 2.40. The average Bonchev–Trinajstić information content (AvgIpc) is 3.11. The number of benzene rings is 2. The van der Waals surface area contributed by atoms with Crippen molar-refractivity contribution in [2.75, 3.05) is 50.0 Å². The molecule has 2 fully saturated rings. The Kier molecular flexibility index (Phi) is 4.01. The summed E-state index contributed by atoms with van der Waals surface area (Å²) < 4.78 is 5.35. The third kappa shape index (κ3) is 2.75. The van der Waals surface area contributed by atoms with Gasteiger partial charge < -0.3 is 20.4 Å². The number of piperazine rings is 1. The molecule has 0 unspecified atom stereocenters. The Morgan fingerprint density at radius 3 is 2.55 bits per heavy atom. The number of hydrogen-bond donors (Lipinski definition) is 2. The molecule has 31 heavy (non-hydrogen) atoms. The van der Waals surface area contributed by atoms with Crippen molar-refractivity contribution in [1.29, 1.82) is 0 Å². The highest BCUT2D eigenvalue weighted by molar-refractivity contribution is 6.20. The molecule has 3 aliphatic rings. The van der Waals surface area contributed by atoms with Crippen LogP contribution in [-0.2, 0) is 10.2 Å². The Bertz CT molecular complexity index is 1200. The number of anilines is 2. The van der Waals surface area contributed by atoms with Gasteiger partial charge in [-0.3, -0.25) is 9.69 Å². The highest BCUT2D eigenvalue weighted by atomic mass is 16.5. The van der Waals surface area contributed by atoms with Gasteiger partial charge in [-0.05, 0) is 29.8 Å². The van der Waals surface area contributed by atoms with Gasteiger partial charge in [0.05, 0.1) is 24.8 Å². The summed E-state index contributed by atoms with van der Waals surface area (Å²) in [6.45, 7) is 10.1. The molecule has 160 valence electrons. The molecule has 0 spiro atoms. The van der Waals surface area contributed by atoms with Gasteiger partial charge in [0, 0.05) is 65.1 Å². The van der Waals surface area contributed by atoms with Crippen molar-refractivity contribution in [3.8, 4) is 0 Å². The van der Waals surface area contributed by atoms with E-state index in [1.807, 2.05) is 18.2 Å². The molecule has 0 bridgehead atoms. The fourth-order valence-electron chi connectivity index (χ4n) is 5.43. The second-order valence-electron chi connectivity index (χ2n) is 9.58. The van der Waals surface area contributed by atoms with Crippen LogP contribution in [0.15, 0.2) is 36.4 Å². The van der Waals surface area contributed by atoms with Gasteiger partial charge in [-0.25, -0.2) is 0 Å². The molecule has 0 amide bonds. The summed E-state index contributed by atoms with van der Waals surface area (Å²) in [5.74, 6) is 0.104. The predicted molar refractivity (Wildman–Crippen MR) is 123 cm³/mol. The number of aromatic amines is 1. The van der Waals surface area contributed by atoms with E-state index < -0.39 is 0 Å². The lowest BCUT2D eigenvalue weighted by atomic mass is 9.71. The third-order valence-corrected chi connectivity index (χ3v) is 7.41. The van der Waals surface area contributed by atoms with Crippen LogP contribution < -0.4 is 10.6 Å². The van der Waals surface area contributed by atoms with Gasteiger partial charge in [-0.2, -0.15) is 0 Å². The molecule has 0 saturated carbocycles. The quantitative estimate of drug-likeness (QED) is 0.628. The zero-order chi connectivity index (χ0) is 21.3. The molecule has 0 atom stereocenters. The number of nitrogens with one attached hydrogen (secondary N) is 1. The fourth-order valence-corrected chi connectivity index (χ4v) is 5.43. The molecular formula is C25H28N4O2. The van der Waals surface area contributed by atoms with Gasteiger partial charge in [-0.1, -0.05) is 26.0 Å². The number of carbonyl (C=O) groups is 1. The summed E-state index contributed by atoms with van der Waals surface area (Å²) in [5, 5.41) is 0.953. The number of hydrogen-bond acceptors (Lipinski definition) is 5. The SMILES string of the molecule is CC1(C)c2ccc(N3CCN(C4COC4)CC3)cc2C(=O)c2c1[nH]c1cc(N)ccc21. The van der Waals surface area contributed by atoms with Crippen molar-refractivity contribution in [2.24, 2.45) is 0 Å². The first kappa shape index (κ1) is 18.9. The predicted octanol–water partition coefficient (Wildman–Crippen LogP) is 3.14. The van der Waals surface area contributed by atoms with Crippen LogP contribution in [0, 0.1) is 0 Å². The number of ketones is 1. The van der Waals surface area contributed by atoms with E-state index >= 15 is 0 Å². The van der Waals surface area contributed by atoms with Crippen molar-refractivity contribution in [3.63, 3.8) is 0 Å². The number of aromatic nitrogens is 1. The maximum Gasteiger partial charge on any atom is 0.195 e. The molecule has 2 aliphatic heterocycles. The van der Waals surface area contributed by atoms with E-state index in [2.05, 4.69) is 46.8 Å². The van der Waals surface area contributed by atoms with Gasteiger partial charge >= 0.3 is 0 Å². The summed E-state index contributed by atoms with van der Waals surface area (Å²) in [7, 11) is 0. The second-order valence-corrected chi connectivity index (χ2v) is 9.58. The average molecular weight is 417 g/mol.